The van der Waals surface area contributed by atoms with Crippen LogP contribution in [-0.4, -0.2) is 5.91 Å². The van der Waals surface area contributed by atoms with Gasteiger partial charge in [-0.3, -0.25) is 4.79 Å². The summed E-state index contributed by atoms with van der Waals surface area (Å²) in [4.78, 5) is 12.4. The first-order chi connectivity index (χ1) is 15.7. The Morgan fingerprint density at radius 3 is 2.38 bits per heavy atom. The van der Waals surface area contributed by atoms with Crippen LogP contribution >= 0.6 is 0 Å². The summed E-state index contributed by atoms with van der Waals surface area (Å²) in [6, 6.07) is 33.3. The van der Waals surface area contributed by atoms with E-state index in [9.17, 15) is 10.1 Å². The molecular formula is C28H22N2O2. The highest BCUT2D eigenvalue weighted by atomic mass is 16.5. The van der Waals surface area contributed by atoms with Crippen LogP contribution in [-0.2, 0) is 17.9 Å². The van der Waals surface area contributed by atoms with E-state index in [4.69, 9.17) is 4.74 Å². The monoisotopic (exact) mass is 418 g/mol. The highest BCUT2D eigenvalue weighted by Crippen LogP contribution is 2.21. The number of nitrogens with one attached hydrogen (secondary N) is 1. The summed E-state index contributed by atoms with van der Waals surface area (Å²) >= 11 is 0. The maximum atomic E-state index is 12.4. The van der Waals surface area contributed by atoms with Gasteiger partial charge in [0.2, 0.25) is 0 Å². The average Bonchev–Trinajstić information content (AvgIpc) is 2.86. The summed E-state index contributed by atoms with van der Waals surface area (Å²) in [5, 5.41) is 14.5. The minimum absolute atomic E-state index is 0.0605. The first kappa shape index (κ1) is 20.9. The molecule has 4 rings (SSSR count). The van der Waals surface area contributed by atoms with Crippen molar-refractivity contribution in [1.29, 1.82) is 5.26 Å². The van der Waals surface area contributed by atoms with Gasteiger partial charge in [-0.15, -0.1) is 0 Å². The second kappa shape index (κ2) is 10.1. The summed E-state index contributed by atoms with van der Waals surface area (Å²) in [6.45, 7) is 0.835. The van der Waals surface area contributed by atoms with Crippen molar-refractivity contribution in [2.75, 3.05) is 0 Å². The maximum Gasteiger partial charge on any atom is 0.262 e. The number of hydrogen-bond acceptors (Lipinski definition) is 3. The number of carbonyl (C=O) groups is 1. The van der Waals surface area contributed by atoms with E-state index >= 15 is 0 Å². The van der Waals surface area contributed by atoms with Crippen LogP contribution in [0.5, 0.6) is 5.75 Å². The van der Waals surface area contributed by atoms with E-state index in [0.29, 0.717) is 13.2 Å². The Labute approximate surface area is 187 Å². The van der Waals surface area contributed by atoms with Crippen molar-refractivity contribution in [2.24, 2.45) is 0 Å². The molecule has 0 heterocycles. The van der Waals surface area contributed by atoms with E-state index in [1.165, 1.54) is 10.8 Å². The first-order valence-electron chi connectivity index (χ1n) is 10.4. The summed E-state index contributed by atoms with van der Waals surface area (Å²) in [5.74, 6) is 0.328. The van der Waals surface area contributed by atoms with Crippen LogP contribution in [0.1, 0.15) is 16.7 Å². The van der Waals surface area contributed by atoms with Crippen LogP contribution < -0.4 is 10.1 Å². The summed E-state index contributed by atoms with van der Waals surface area (Å²) in [5.41, 5.74) is 2.92. The molecule has 0 aliphatic heterocycles. The minimum Gasteiger partial charge on any atom is -0.489 e. The Morgan fingerprint density at radius 2 is 1.59 bits per heavy atom. The number of benzene rings is 4. The minimum atomic E-state index is -0.396. The van der Waals surface area contributed by atoms with Gasteiger partial charge in [0.1, 0.15) is 24.0 Å². The van der Waals surface area contributed by atoms with Crippen LogP contribution in [0.15, 0.2) is 103 Å². The SMILES string of the molecule is N#C/C(=C/c1ccc(OCc2cccc3ccccc23)cc1)C(=O)NCc1ccccc1. The fourth-order valence-electron chi connectivity index (χ4n) is 3.43. The van der Waals surface area contributed by atoms with Gasteiger partial charge in [-0.2, -0.15) is 5.26 Å². The molecule has 0 aliphatic rings. The van der Waals surface area contributed by atoms with Crippen molar-refractivity contribution in [3.05, 3.63) is 119 Å². The predicted octanol–water partition coefficient (Wildman–Crippen LogP) is 5.64. The summed E-state index contributed by atoms with van der Waals surface area (Å²) in [6.07, 6.45) is 1.58. The molecule has 0 saturated heterocycles. The second-order valence-corrected chi connectivity index (χ2v) is 7.33. The van der Waals surface area contributed by atoms with Gasteiger partial charge in [-0.05, 0) is 45.7 Å². The number of nitriles is 1. The number of fused-ring (bicyclic) bond motifs is 1. The highest BCUT2D eigenvalue weighted by Gasteiger charge is 2.09. The lowest BCUT2D eigenvalue weighted by Gasteiger charge is -2.09. The van der Waals surface area contributed by atoms with Gasteiger partial charge < -0.3 is 10.1 Å². The molecule has 0 aliphatic carbocycles. The number of carbonyl (C=O) groups excluding carboxylic acids is 1. The lowest BCUT2D eigenvalue weighted by atomic mass is 10.1. The molecule has 0 bridgehead atoms. The van der Waals surface area contributed by atoms with Crippen molar-refractivity contribution < 1.29 is 9.53 Å². The second-order valence-electron chi connectivity index (χ2n) is 7.33. The summed E-state index contributed by atoms with van der Waals surface area (Å²) < 4.78 is 5.96. The quantitative estimate of drug-likeness (QED) is 0.312. The van der Waals surface area contributed by atoms with Gasteiger partial charge >= 0.3 is 0 Å². The topological polar surface area (TPSA) is 62.1 Å². The van der Waals surface area contributed by atoms with Crippen LogP contribution in [0.25, 0.3) is 16.8 Å². The molecule has 0 radical (unpaired) electrons. The highest BCUT2D eigenvalue weighted by molar-refractivity contribution is 6.01. The first-order valence-corrected chi connectivity index (χ1v) is 10.4. The molecule has 156 valence electrons. The van der Waals surface area contributed by atoms with E-state index in [0.717, 1.165) is 22.4 Å². The molecular weight excluding hydrogens is 396 g/mol. The van der Waals surface area contributed by atoms with Crippen molar-refractivity contribution in [1.82, 2.24) is 5.32 Å². The molecule has 0 unspecified atom stereocenters. The largest absolute Gasteiger partial charge is 0.489 e. The Hall–Kier alpha value is -4.36. The Morgan fingerprint density at radius 1 is 0.875 bits per heavy atom. The molecule has 4 aromatic carbocycles. The van der Waals surface area contributed by atoms with Crippen molar-refractivity contribution in [2.45, 2.75) is 13.2 Å². The van der Waals surface area contributed by atoms with Crippen LogP contribution in [0.4, 0.5) is 0 Å². The van der Waals surface area contributed by atoms with Crippen LogP contribution in [0, 0.1) is 11.3 Å². The van der Waals surface area contributed by atoms with Crippen LogP contribution in [0.2, 0.25) is 0 Å². The fraction of sp³-hybridized carbons (Fsp3) is 0.0714. The molecule has 0 fully saturated rings. The zero-order chi connectivity index (χ0) is 22.2. The van der Waals surface area contributed by atoms with E-state index in [1.807, 2.05) is 78.9 Å². The third-order valence-electron chi connectivity index (χ3n) is 5.13. The fourth-order valence-corrected chi connectivity index (χ4v) is 3.43. The third-order valence-corrected chi connectivity index (χ3v) is 5.13. The summed E-state index contributed by atoms with van der Waals surface area (Å²) in [7, 11) is 0. The van der Waals surface area contributed by atoms with Crippen molar-refractivity contribution >= 4 is 22.8 Å². The molecule has 4 heteroatoms. The van der Waals surface area contributed by atoms with Gasteiger partial charge in [0.05, 0.1) is 0 Å². The standard InChI is InChI=1S/C28H22N2O2/c29-18-25(28(31)30-19-22-7-2-1-3-8-22)17-21-13-15-26(16-14-21)32-20-24-11-6-10-23-9-4-5-12-27(23)24/h1-17H,19-20H2,(H,30,31)/b25-17-. The van der Waals surface area contributed by atoms with Crippen molar-refractivity contribution in [3.63, 3.8) is 0 Å². The molecule has 0 aromatic heterocycles. The smallest absolute Gasteiger partial charge is 0.262 e. The molecule has 1 amide bonds. The van der Waals surface area contributed by atoms with E-state index < -0.39 is 5.91 Å². The van der Waals surface area contributed by atoms with E-state index in [2.05, 4.69) is 29.6 Å². The molecule has 0 atom stereocenters. The van der Waals surface area contributed by atoms with Gasteiger partial charge in [-0.25, -0.2) is 0 Å². The number of nitrogens with zero attached hydrogens (tertiary/aromatic N) is 1. The normalized spacial score (nSPS) is 11.0. The number of hydrogen-bond donors (Lipinski definition) is 1. The Bertz CT molecular complexity index is 1280. The molecule has 32 heavy (non-hydrogen) atoms. The maximum absolute atomic E-state index is 12.4. The number of ether oxygens (including phenoxy) is 1. The van der Waals surface area contributed by atoms with Crippen LogP contribution in [0.3, 0.4) is 0 Å². The van der Waals surface area contributed by atoms with Gasteiger partial charge in [0.25, 0.3) is 5.91 Å². The molecule has 0 saturated carbocycles. The van der Waals surface area contributed by atoms with Crippen molar-refractivity contribution in [3.8, 4) is 11.8 Å². The lowest BCUT2D eigenvalue weighted by molar-refractivity contribution is -0.117. The van der Waals surface area contributed by atoms with E-state index in [-0.39, 0.29) is 5.57 Å². The molecule has 0 spiro atoms. The van der Waals surface area contributed by atoms with Gasteiger partial charge in [0, 0.05) is 6.54 Å². The zero-order valence-electron chi connectivity index (χ0n) is 17.5. The number of rotatable bonds is 7. The average molecular weight is 418 g/mol. The molecule has 4 nitrogen and oxygen atoms in total. The Kier molecular flexibility index (Phi) is 6.60. The van der Waals surface area contributed by atoms with Gasteiger partial charge in [0.15, 0.2) is 0 Å². The number of amides is 1. The molecule has 1 N–H and O–H groups in total. The molecule has 4 aromatic rings. The van der Waals surface area contributed by atoms with Gasteiger partial charge in [-0.1, -0.05) is 84.9 Å². The zero-order valence-corrected chi connectivity index (χ0v) is 17.5. The van der Waals surface area contributed by atoms with E-state index in [1.54, 1.807) is 6.08 Å². The third kappa shape index (κ3) is 5.21. The Balaban J connectivity index is 1.39. The lowest BCUT2D eigenvalue weighted by Crippen LogP contribution is -2.23. The predicted molar refractivity (Wildman–Crippen MR) is 127 cm³/mol.